The van der Waals surface area contributed by atoms with Gasteiger partial charge in [-0.25, -0.2) is 8.42 Å². The molecule has 35 heavy (non-hydrogen) atoms. The molecule has 0 atom stereocenters. The van der Waals surface area contributed by atoms with Crippen LogP contribution in [0.15, 0.2) is 83.9 Å². The molecule has 3 aromatic carbocycles. The predicted octanol–water partition coefficient (Wildman–Crippen LogP) is 5.04. The lowest BCUT2D eigenvalue weighted by molar-refractivity contribution is 0.0951. The third-order valence-corrected chi connectivity index (χ3v) is 7.07. The number of aromatic nitrogens is 1. The zero-order valence-corrected chi connectivity index (χ0v) is 20.6. The quantitative estimate of drug-likeness (QED) is 0.414. The van der Waals surface area contributed by atoms with Gasteiger partial charge in [0.25, 0.3) is 5.91 Å². The largest absolute Gasteiger partial charge is 0.348 e. The van der Waals surface area contributed by atoms with Crippen molar-refractivity contribution in [3.05, 3.63) is 95.7 Å². The second kappa shape index (κ2) is 9.32. The van der Waals surface area contributed by atoms with Crippen molar-refractivity contribution in [3.8, 4) is 17.2 Å². The van der Waals surface area contributed by atoms with Gasteiger partial charge in [0, 0.05) is 35.5 Å². The first-order valence-electron chi connectivity index (χ1n) is 11.1. The van der Waals surface area contributed by atoms with Crippen LogP contribution in [0.4, 0.5) is 0 Å². The molecule has 0 aliphatic heterocycles. The Hall–Kier alpha value is -4.02. The van der Waals surface area contributed by atoms with E-state index in [4.69, 9.17) is 0 Å². The molecule has 0 radical (unpaired) electrons. The van der Waals surface area contributed by atoms with Crippen molar-refractivity contribution in [1.82, 2.24) is 10.3 Å². The molecule has 7 heteroatoms. The van der Waals surface area contributed by atoms with Crippen LogP contribution in [0.2, 0.25) is 0 Å². The molecule has 1 aromatic heterocycles. The molecule has 0 spiro atoms. The van der Waals surface area contributed by atoms with E-state index in [0.717, 1.165) is 39.4 Å². The minimum Gasteiger partial charge on any atom is -0.348 e. The summed E-state index contributed by atoms with van der Waals surface area (Å²) in [6, 6.07) is 24.0. The third kappa shape index (κ3) is 5.23. The molecule has 1 heterocycles. The van der Waals surface area contributed by atoms with Gasteiger partial charge in [0.1, 0.15) is 0 Å². The Morgan fingerprint density at radius 2 is 1.77 bits per heavy atom. The van der Waals surface area contributed by atoms with Crippen molar-refractivity contribution < 1.29 is 13.2 Å². The van der Waals surface area contributed by atoms with Crippen molar-refractivity contribution in [3.63, 3.8) is 0 Å². The molecular formula is C28H25N3O3S. The zero-order chi connectivity index (χ0) is 25.2. The summed E-state index contributed by atoms with van der Waals surface area (Å²) in [5.41, 5.74) is 4.24. The Balaban J connectivity index is 1.61. The fourth-order valence-electron chi connectivity index (χ4n) is 3.82. The van der Waals surface area contributed by atoms with Crippen LogP contribution in [0, 0.1) is 11.3 Å². The monoisotopic (exact) mass is 483 g/mol. The Morgan fingerprint density at radius 3 is 2.46 bits per heavy atom. The first kappa shape index (κ1) is 24.1. The van der Waals surface area contributed by atoms with Gasteiger partial charge in [0.05, 0.1) is 21.9 Å². The van der Waals surface area contributed by atoms with E-state index >= 15 is 0 Å². The number of nitrogens with zero attached hydrogens (tertiary/aromatic N) is 2. The number of fused-ring (bicyclic) bond motifs is 1. The van der Waals surface area contributed by atoms with Crippen molar-refractivity contribution in [2.75, 3.05) is 6.26 Å². The van der Waals surface area contributed by atoms with Crippen LogP contribution >= 0.6 is 0 Å². The number of sulfone groups is 1. The van der Waals surface area contributed by atoms with E-state index in [0.29, 0.717) is 12.1 Å². The fourth-order valence-corrected chi connectivity index (χ4v) is 4.45. The molecular weight excluding hydrogens is 458 g/mol. The number of rotatable bonds is 6. The SMILES string of the molecule is CC(C)(C#N)c1cc(-c2cccc(CNC(=O)c3ccc(S(C)(=O)=O)cc3)c2)c2ncccc2c1. The Kier molecular flexibility index (Phi) is 6.42. The van der Waals surface area contributed by atoms with Gasteiger partial charge < -0.3 is 5.32 Å². The maximum absolute atomic E-state index is 12.6. The fraction of sp³-hybridized carbons (Fsp3) is 0.179. The Labute approximate surface area is 205 Å². The second-order valence-electron chi connectivity index (χ2n) is 9.02. The van der Waals surface area contributed by atoms with Crippen LogP contribution in [0.1, 0.15) is 35.3 Å². The van der Waals surface area contributed by atoms with Crippen molar-refractivity contribution in [2.45, 2.75) is 30.7 Å². The highest BCUT2D eigenvalue weighted by Gasteiger charge is 2.22. The average Bonchev–Trinajstić information content (AvgIpc) is 2.86. The maximum atomic E-state index is 12.6. The highest BCUT2D eigenvalue weighted by molar-refractivity contribution is 7.90. The topological polar surface area (TPSA) is 99.9 Å². The van der Waals surface area contributed by atoms with Crippen molar-refractivity contribution in [1.29, 1.82) is 5.26 Å². The number of hydrogen-bond donors (Lipinski definition) is 1. The van der Waals surface area contributed by atoms with E-state index in [2.05, 4.69) is 16.4 Å². The van der Waals surface area contributed by atoms with Gasteiger partial charge >= 0.3 is 0 Å². The molecule has 0 saturated heterocycles. The third-order valence-electron chi connectivity index (χ3n) is 5.94. The summed E-state index contributed by atoms with van der Waals surface area (Å²) in [6.45, 7) is 4.08. The molecule has 0 bridgehead atoms. The summed E-state index contributed by atoms with van der Waals surface area (Å²) in [5, 5.41) is 13.5. The summed E-state index contributed by atoms with van der Waals surface area (Å²) >= 11 is 0. The number of amides is 1. The molecule has 6 nitrogen and oxygen atoms in total. The van der Waals surface area contributed by atoms with Crippen LogP contribution in [0.25, 0.3) is 22.0 Å². The molecule has 176 valence electrons. The van der Waals surface area contributed by atoms with E-state index in [1.54, 1.807) is 6.20 Å². The maximum Gasteiger partial charge on any atom is 0.251 e. The number of carbonyl (C=O) groups excluding carboxylic acids is 1. The van der Waals surface area contributed by atoms with E-state index in [1.165, 1.54) is 24.3 Å². The molecule has 0 aliphatic rings. The molecule has 1 N–H and O–H groups in total. The first-order chi connectivity index (χ1) is 16.6. The standard InChI is InChI=1S/C28H25N3O3S/c1-28(2,18-29)23-15-22-8-5-13-30-26(22)25(16-23)21-7-4-6-19(14-21)17-31-27(32)20-9-11-24(12-10-20)35(3,33)34/h4-16H,17H2,1-3H3,(H,31,32). The van der Waals surface area contributed by atoms with Gasteiger partial charge in [0.2, 0.25) is 0 Å². The van der Waals surface area contributed by atoms with Crippen LogP contribution in [0.5, 0.6) is 0 Å². The predicted molar refractivity (Wildman–Crippen MR) is 137 cm³/mol. The van der Waals surface area contributed by atoms with E-state index in [1.807, 2.05) is 62.4 Å². The Morgan fingerprint density at radius 1 is 1.03 bits per heavy atom. The average molecular weight is 484 g/mol. The highest BCUT2D eigenvalue weighted by atomic mass is 32.2. The number of carbonyl (C=O) groups is 1. The van der Waals surface area contributed by atoms with Crippen LogP contribution in [0.3, 0.4) is 0 Å². The highest BCUT2D eigenvalue weighted by Crippen LogP contribution is 2.34. The van der Waals surface area contributed by atoms with Gasteiger partial charge in [-0.2, -0.15) is 5.26 Å². The molecule has 4 rings (SSSR count). The van der Waals surface area contributed by atoms with Crippen molar-refractivity contribution >= 4 is 26.6 Å². The number of pyridine rings is 1. The number of nitrogens with one attached hydrogen (secondary N) is 1. The normalized spacial score (nSPS) is 11.7. The van der Waals surface area contributed by atoms with Gasteiger partial charge in [-0.15, -0.1) is 0 Å². The number of nitriles is 1. The first-order valence-corrected chi connectivity index (χ1v) is 13.0. The van der Waals surface area contributed by atoms with E-state index in [-0.39, 0.29) is 10.8 Å². The summed E-state index contributed by atoms with van der Waals surface area (Å²) in [6.07, 6.45) is 2.88. The Bertz CT molecular complexity index is 1570. The molecule has 0 unspecified atom stereocenters. The molecule has 4 aromatic rings. The lowest BCUT2D eigenvalue weighted by Gasteiger charge is -2.19. The minimum absolute atomic E-state index is 0.171. The van der Waals surface area contributed by atoms with Crippen LogP contribution in [-0.4, -0.2) is 25.6 Å². The summed E-state index contributed by atoms with van der Waals surface area (Å²) < 4.78 is 23.3. The zero-order valence-electron chi connectivity index (χ0n) is 19.7. The molecule has 0 fully saturated rings. The molecule has 0 saturated carbocycles. The lowest BCUT2D eigenvalue weighted by atomic mass is 9.83. The number of hydrogen-bond acceptors (Lipinski definition) is 5. The van der Waals surface area contributed by atoms with Crippen LogP contribution < -0.4 is 5.32 Å². The van der Waals surface area contributed by atoms with Gasteiger partial charge in [-0.3, -0.25) is 9.78 Å². The van der Waals surface area contributed by atoms with Crippen molar-refractivity contribution in [2.24, 2.45) is 0 Å². The van der Waals surface area contributed by atoms with Crippen LogP contribution in [-0.2, 0) is 21.8 Å². The van der Waals surface area contributed by atoms with Gasteiger partial charge in [-0.05, 0) is 79.1 Å². The van der Waals surface area contributed by atoms with E-state index in [9.17, 15) is 18.5 Å². The number of benzene rings is 3. The van der Waals surface area contributed by atoms with Gasteiger partial charge in [-0.1, -0.05) is 24.3 Å². The van der Waals surface area contributed by atoms with Gasteiger partial charge in [0.15, 0.2) is 9.84 Å². The van der Waals surface area contributed by atoms with E-state index < -0.39 is 15.3 Å². The summed E-state index contributed by atoms with van der Waals surface area (Å²) in [4.78, 5) is 17.3. The smallest absolute Gasteiger partial charge is 0.251 e. The molecule has 0 aliphatic carbocycles. The second-order valence-corrected chi connectivity index (χ2v) is 11.0. The summed E-state index contributed by atoms with van der Waals surface area (Å²) in [5.74, 6) is -0.291. The summed E-state index contributed by atoms with van der Waals surface area (Å²) in [7, 11) is -3.32. The minimum atomic E-state index is -3.32. The lowest BCUT2D eigenvalue weighted by Crippen LogP contribution is -2.22. The molecule has 1 amide bonds.